The second kappa shape index (κ2) is 18.0. The first-order chi connectivity index (χ1) is 21.6. The molecule has 1 unspecified atom stereocenters. The second-order valence-corrected chi connectivity index (χ2v) is 12.4. The van der Waals surface area contributed by atoms with Gasteiger partial charge in [-0.3, -0.25) is 4.79 Å². The number of benzene rings is 1. The molecule has 1 heterocycles. The molecule has 0 aromatic heterocycles. The molecule has 11 nitrogen and oxygen atoms in total. The van der Waals surface area contributed by atoms with Gasteiger partial charge in [-0.1, -0.05) is 38.2 Å². The van der Waals surface area contributed by atoms with Gasteiger partial charge in [0.1, 0.15) is 11.9 Å². The molecule has 1 aromatic carbocycles. The maximum absolute atomic E-state index is 13.5. The maximum atomic E-state index is 13.5. The van der Waals surface area contributed by atoms with Crippen molar-refractivity contribution in [1.82, 2.24) is 0 Å². The molecule has 46 heavy (non-hydrogen) atoms. The Kier molecular flexibility index (Phi) is 15.1. The molecule has 0 radical (unpaired) electrons. The highest BCUT2D eigenvalue weighted by atomic mass is 16.6. The zero-order valence-electron chi connectivity index (χ0n) is 29.2. The summed E-state index contributed by atoms with van der Waals surface area (Å²) in [4.78, 5) is 25.3. The van der Waals surface area contributed by atoms with E-state index in [0.717, 1.165) is 5.56 Å². The average Bonchev–Trinajstić information content (AvgIpc) is 2.97. The molecular weight excluding hydrogens is 592 g/mol. The third-order valence-electron chi connectivity index (χ3n) is 7.66. The van der Waals surface area contributed by atoms with Crippen molar-refractivity contribution in [2.75, 3.05) is 26.6 Å². The summed E-state index contributed by atoms with van der Waals surface area (Å²) in [5.41, 5.74) is 7.61. The molecule has 2 rings (SSSR count). The van der Waals surface area contributed by atoms with Crippen LogP contribution in [-0.4, -0.2) is 75.1 Å². The lowest BCUT2D eigenvalue weighted by Crippen LogP contribution is -2.37. The number of primary amides is 1. The molecule has 0 fully saturated rings. The third kappa shape index (κ3) is 10.8. The Morgan fingerprint density at radius 3 is 2.22 bits per heavy atom. The summed E-state index contributed by atoms with van der Waals surface area (Å²) in [5, 5.41) is 14.4. The van der Waals surface area contributed by atoms with Crippen LogP contribution in [-0.2, 0) is 25.4 Å². The van der Waals surface area contributed by atoms with Crippen LogP contribution in [0, 0.1) is 11.8 Å². The smallest absolute Gasteiger partial charge is 0.405 e. The first-order valence-electron chi connectivity index (χ1n) is 15.7. The van der Waals surface area contributed by atoms with E-state index in [9.17, 15) is 14.7 Å². The zero-order chi connectivity index (χ0) is 34.7. The molecule has 6 atom stereocenters. The van der Waals surface area contributed by atoms with E-state index in [2.05, 4.69) is 12.2 Å². The normalized spacial score (nSPS) is 28.0. The highest BCUT2D eigenvalue weighted by Gasteiger charge is 2.31. The monoisotopic (exact) mass is 646 g/mol. The first-order valence-corrected chi connectivity index (χ1v) is 15.7. The fourth-order valence-electron chi connectivity index (χ4n) is 5.49. The van der Waals surface area contributed by atoms with Crippen molar-refractivity contribution in [3.63, 3.8) is 0 Å². The Balaban J connectivity index is 2.82. The number of amides is 2. The third-order valence-corrected chi connectivity index (χ3v) is 7.66. The highest BCUT2D eigenvalue weighted by Crippen LogP contribution is 2.46. The summed E-state index contributed by atoms with van der Waals surface area (Å²) in [6, 6.07) is 1.72. The number of carbonyl (C=O) groups excluding carboxylic acids is 2. The van der Waals surface area contributed by atoms with Crippen molar-refractivity contribution < 1.29 is 43.1 Å². The van der Waals surface area contributed by atoms with Gasteiger partial charge in [0.25, 0.3) is 5.91 Å². The van der Waals surface area contributed by atoms with Gasteiger partial charge in [-0.25, -0.2) is 4.79 Å². The maximum Gasteiger partial charge on any atom is 0.405 e. The lowest BCUT2D eigenvalue weighted by Gasteiger charge is -2.30. The van der Waals surface area contributed by atoms with Crippen molar-refractivity contribution in [3.05, 3.63) is 47.1 Å². The lowest BCUT2D eigenvalue weighted by atomic mass is 9.87. The second-order valence-electron chi connectivity index (χ2n) is 12.4. The predicted octanol–water partition coefficient (Wildman–Crippen LogP) is 5.73. The van der Waals surface area contributed by atoms with Gasteiger partial charge in [0.2, 0.25) is 0 Å². The fourth-order valence-corrected chi connectivity index (χ4v) is 5.49. The molecule has 4 N–H and O–H groups in total. The van der Waals surface area contributed by atoms with Crippen LogP contribution >= 0.6 is 0 Å². The van der Waals surface area contributed by atoms with Crippen LogP contribution in [0.25, 0.3) is 0 Å². The van der Waals surface area contributed by atoms with Crippen LogP contribution in [0.15, 0.2) is 41.5 Å². The van der Waals surface area contributed by atoms with E-state index in [1.165, 1.54) is 7.11 Å². The molecule has 0 spiro atoms. The molecule has 0 aliphatic carbocycles. The number of methoxy groups -OCH3 is 3. The number of aliphatic hydroxyl groups is 1. The summed E-state index contributed by atoms with van der Waals surface area (Å²) in [7, 11) is 4.63. The molecule has 11 heteroatoms. The Labute approximate surface area is 274 Å². The number of allylic oxidation sites excluding steroid dienone is 2. The van der Waals surface area contributed by atoms with Gasteiger partial charge < -0.3 is 44.6 Å². The number of nitrogens with two attached hydrogens (primary N) is 1. The molecule has 1 aromatic rings. The Hall–Kier alpha value is -3.54. The number of ether oxygens (including phenoxy) is 6. The Bertz CT molecular complexity index is 1270. The number of rotatable bonds is 8. The standard InChI is InChI=1S/C35H54N2O9/c1-19(2)44-29-18-26-32(45-20(3)4)25(33(29)43-11)15-21(5)16-28(42-10)30(38)23(7)17-24(8)31(46-35(36)40)27(41-9)14-12-13-22(6)34(39)37-26/h12-14,17-21,23,27-28,30-31,38H,15-16H2,1-11H3,(H2,36,40)(H,37,39)/b14-12-,22-13+,24-17+/t21-,23+,27?,28+,30-,31+/m1/s1. The van der Waals surface area contributed by atoms with E-state index in [1.54, 1.807) is 52.4 Å². The topological polar surface area (TPSA) is 148 Å². The summed E-state index contributed by atoms with van der Waals surface area (Å²) < 4.78 is 35.3. The zero-order valence-corrected chi connectivity index (χ0v) is 29.2. The first kappa shape index (κ1) is 38.6. The van der Waals surface area contributed by atoms with Crippen LogP contribution in [0.5, 0.6) is 17.2 Å². The fraction of sp³-hybridized carbons (Fsp3) is 0.600. The highest BCUT2D eigenvalue weighted by molar-refractivity contribution is 6.04. The minimum Gasteiger partial charge on any atom is -0.492 e. The van der Waals surface area contributed by atoms with Crippen molar-refractivity contribution in [3.8, 4) is 17.2 Å². The van der Waals surface area contributed by atoms with Gasteiger partial charge >= 0.3 is 6.09 Å². The van der Waals surface area contributed by atoms with Gasteiger partial charge in [-0.2, -0.15) is 0 Å². The van der Waals surface area contributed by atoms with E-state index in [1.807, 2.05) is 40.7 Å². The average molecular weight is 647 g/mol. The van der Waals surface area contributed by atoms with Crippen LogP contribution in [0.1, 0.15) is 67.4 Å². The molecule has 2 amide bonds. The number of carbonyl (C=O) groups is 2. The van der Waals surface area contributed by atoms with Crippen LogP contribution in [0.3, 0.4) is 0 Å². The Morgan fingerprint density at radius 2 is 1.67 bits per heavy atom. The van der Waals surface area contributed by atoms with Gasteiger partial charge in [0.05, 0.1) is 37.2 Å². The molecule has 0 saturated heterocycles. The van der Waals surface area contributed by atoms with Gasteiger partial charge in [0, 0.05) is 37.3 Å². The molecule has 2 bridgehead atoms. The van der Waals surface area contributed by atoms with Gasteiger partial charge in [-0.05, 0) is 65.9 Å². The minimum absolute atomic E-state index is 0.0325. The summed E-state index contributed by atoms with van der Waals surface area (Å²) in [5.74, 6) is 0.698. The lowest BCUT2D eigenvalue weighted by molar-refractivity contribution is -0.112. The van der Waals surface area contributed by atoms with Crippen LogP contribution in [0.2, 0.25) is 0 Å². The van der Waals surface area contributed by atoms with Crippen molar-refractivity contribution in [2.24, 2.45) is 17.6 Å². The quantitative estimate of drug-likeness (QED) is 0.301. The van der Waals surface area contributed by atoms with E-state index in [4.69, 9.17) is 34.2 Å². The number of fused-ring (bicyclic) bond motifs is 2. The number of nitrogens with one attached hydrogen (secondary N) is 1. The summed E-state index contributed by atoms with van der Waals surface area (Å²) >= 11 is 0. The largest absolute Gasteiger partial charge is 0.492 e. The van der Waals surface area contributed by atoms with Crippen molar-refractivity contribution in [1.29, 1.82) is 0 Å². The van der Waals surface area contributed by atoms with Crippen molar-refractivity contribution in [2.45, 2.75) is 105 Å². The molecule has 1 aliphatic heterocycles. The SMILES string of the molecule is COc1c(OC(C)C)cc2c(OC(C)C)c1C[C@@H](C)C[C@H](OC)[C@H](O)[C@@H](C)/C=C(\C)[C@H](OC(N)=O)C(OC)/C=C\C=C(/C)C(=O)N2. The molecule has 1 aliphatic rings. The van der Waals surface area contributed by atoms with Gasteiger partial charge in [-0.15, -0.1) is 0 Å². The Morgan fingerprint density at radius 1 is 1.02 bits per heavy atom. The van der Waals surface area contributed by atoms with Crippen LogP contribution < -0.4 is 25.3 Å². The van der Waals surface area contributed by atoms with E-state index in [-0.39, 0.29) is 30.0 Å². The number of hydrogen-bond acceptors (Lipinski definition) is 9. The molecule has 0 saturated carbocycles. The van der Waals surface area contributed by atoms with E-state index >= 15 is 0 Å². The summed E-state index contributed by atoms with van der Waals surface area (Å²) in [6.45, 7) is 15.0. The predicted molar refractivity (Wildman–Crippen MR) is 179 cm³/mol. The van der Waals surface area contributed by atoms with Crippen molar-refractivity contribution >= 4 is 17.7 Å². The number of anilines is 1. The van der Waals surface area contributed by atoms with Gasteiger partial charge in [0.15, 0.2) is 17.6 Å². The molecular formula is C35H54N2O9. The summed E-state index contributed by atoms with van der Waals surface area (Å²) in [6.07, 6.45) is 3.38. The number of hydrogen-bond donors (Lipinski definition) is 3. The van der Waals surface area contributed by atoms with Crippen LogP contribution in [0.4, 0.5) is 10.5 Å². The number of aliphatic hydroxyl groups excluding tert-OH is 1. The minimum atomic E-state index is -0.966. The molecule has 258 valence electrons. The van der Waals surface area contributed by atoms with E-state index < -0.39 is 30.5 Å². The van der Waals surface area contributed by atoms with E-state index in [0.29, 0.717) is 46.9 Å².